The summed E-state index contributed by atoms with van der Waals surface area (Å²) in [6.07, 6.45) is 0. The molecule has 0 bridgehead atoms. The zero-order valence-electron chi connectivity index (χ0n) is 4.64. The van der Waals surface area contributed by atoms with E-state index in [9.17, 15) is 0 Å². The van der Waals surface area contributed by atoms with Gasteiger partial charge in [0, 0.05) is 12.7 Å². The van der Waals surface area contributed by atoms with E-state index in [1.807, 2.05) is 11.8 Å². The minimum absolute atomic E-state index is 1.13. The molecule has 1 rings (SSSR count). The Bertz CT molecular complexity index is 98.3. The smallest absolute Gasteiger partial charge is 0.0674 e. The van der Waals surface area contributed by atoms with E-state index in [4.69, 9.17) is 0 Å². The lowest BCUT2D eigenvalue weighted by Crippen LogP contribution is -2.08. The molecule has 0 N–H and O–H groups in total. The van der Waals surface area contributed by atoms with Crippen LogP contribution in [0.2, 0.25) is 0 Å². The van der Waals surface area contributed by atoms with E-state index in [0.29, 0.717) is 0 Å². The highest BCUT2D eigenvalue weighted by Gasteiger charge is 2.03. The summed E-state index contributed by atoms with van der Waals surface area (Å²) < 4.78 is 0. The van der Waals surface area contributed by atoms with Crippen LogP contribution in [0.1, 0.15) is 6.92 Å². The fourth-order valence-corrected chi connectivity index (χ4v) is 1.38. The molecule has 0 saturated heterocycles. The van der Waals surface area contributed by atoms with Crippen LogP contribution in [0, 0.1) is 0 Å². The number of hydrogen-bond donors (Lipinski definition) is 0. The molecular formula is C5H9NS. The molecule has 0 spiro atoms. The van der Waals surface area contributed by atoms with Crippen LogP contribution in [-0.4, -0.2) is 17.8 Å². The summed E-state index contributed by atoms with van der Waals surface area (Å²) in [7, 11) is 2.10. The van der Waals surface area contributed by atoms with Crippen molar-refractivity contribution in [1.29, 1.82) is 0 Å². The zero-order valence-corrected chi connectivity index (χ0v) is 5.46. The third-order valence-electron chi connectivity index (χ3n) is 1.12. The molecule has 7 heavy (non-hydrogen) atoms. The van der Waals surface area contributed by atoms with E-state index in [0.717, 1.165) is 5.88 Å². The molecule has 0 unspecified atom stereocenters. The van der Waals surface area contributed by atoms with E-state index < -0.39 is 0 Å². The van der Waals surface area contributed by atoms with E-state index in [-0.39, 0.29) is 0 Å². The third kappa shape index (κ3) is 0.911. The molecule has 0 fully saturated rings. The first-order valence-corrected chi connectivity index (χ1v) is 3.35. The van der Waals surface area contributed by atoms with Crippen molar-refractivity contribution in [2.75, 3.05) is 12.9 Å². The summed E-state index contributed by atoms with van der Waals surface area (Å²) in [4.78, 5) is 2.23. The molecule has 0 atom stereocenters. The van der Waals surface area contributed by atoms with Crippen molar-refractivity contribution < 1.29 is 0 Å². The lowest BCUT2D eigenvalue weighted by atomic mass is 10.5. The van der Waals surface area contributed by atoms with Gasteiger partial charge in [0.1, 0.15) is 0 Å². The SMILES string of the molecule is CC1=CSCN1C. The van der Waals surface area contributed by atoms with Crippen LogP contribution in [0.15, 0.2) is 11.1 Å². The average Bonchev–Trinajstić information content (AvgIpc) is 1.91. The fraction of sp³-hybridized carbons (Fsp3) is 0.600. The molecule has 1 aliphatic heterocycles. The van der Waals surface area contributed by atoms with Crippen LogP contribution >= 0.6 is 11.8 Å². The average molecular weight is 115 g/mol. The second-order valence-corrected chi connectivity index (χ2v) is 2.58. The molecule has 1 aliphatic rings. The van der Waals surface area contributed by atoms with Crippen LogP contribution in [0.3, 0.4) is 0 Å². The lowest BCUT2D eigenvalue weighted by Gasteiger charge is -2.09. The molecule has 0 aliphatic carbocycles. The van der Waals surface area contributed by atoms with Crippen LogP contribution < -0.4 is 0 Å². The Labute approximate surface area is 48.4 Å². The highest BCUT2D eigenvalue weighted by atomic mass is 32.2. The van der Waals surface area contributed by atoms with Gasteiger partial charge in [-0.25, -0.2) is 0 Å². The molecular weight excluding hydrogens is 106 g/mol. The summed E-state index contributed by atoms with van der Waals surface area (Å²) in [5.74, 6) is 1.13. The Balaban J connectivity index is 2.54. The van der Waals surface area contributed by atoms with Crippen LogP contribution in [-0.2, 0) is 0 Å². The number of nitrogens with zero attached hydrogens (tertiary/aromatic N) is 1. The highest BCUT2D eigenvalue weighted by Crippen LogP contribution is 2.19. The van der Waals surface area contributed by atoms with E-state index >= 15 is 0 Å². The second kappa shape index (κ2) is 1.78. The predicted octanol–water partition coefficient (Wildman–Crippen LogP) is 1.48. The molecule has 0 aromatic rings. The Morgan fingerprint density at radius 1 is 1.86 bits per heavy atom. The standard InChI is InChI=1S/C5H9NS/c1-5-3-7-4-6(5)2/h3H,4H2,1-2H3. The molecule has 0 aromatic carbocycles. The Hall–Kier alpha value is -0.110. The van der Waals surface area contributed by atoms with E-state index in [2.05, 4.69) is 24.3 Å². The molecule has 0 amide bonds. The summed E-state index contributed by atoms with van der Waals surface area (Å²) in [6.45, 7) is 2.12. The monoisotopic (exact) mass is 115 g/mol. The zero-order chi connectivity index (χ0) is 5.28. The molecule has 0 radical (unpaired) electrons. The van der Waals surface area contributed by atoms with Gasteiger partial charge in [-0.1, -0.05) is 0 Å². The van der Waals surface area contributed by atoms with Crippen molar-refractivity contribution >= 4 is 11.8 Å². The molecule has 1 heterocycles. The van der Waals surface area contributed by atoms with Gasteiger partial charge in [-0.05, 0) is 12.3 Å². The maximum atomic E-state index is 2.23. The summed E-state index contributed by atoms with van der Waals surface area (Å²) >= 11 is 1.85. The van der Waals surface area contributed by atoms with Crippen LogP contribution in [0.25, 0.3) is 0 Å². The minimum Gasteiger partial charge on any atom is -0.368 e. The first kappa shape index (κ1) is 5.04. The lowest BCUT2D eigenvalue weighted by molar-refractivity contribution is 0.505. The summed E-state index contributed by atoms with van der Waals surface area (Å²) in [5.41, 5.74) is 1.38. The van der Waals surface area contributed by atoms with Crippen molar-refractivity contribution in [1.82, 2.24) is 4.90 Å². The second-order valence-electron chi connectivity index (χ2n) is 1.75. The third-order valence-corrected chi connectivity index (χ3v) is 2.17. The van der Waals surface area contributed by atoms with Crippen molar-refractivity contribution in [3.8, 4) is 0 Å². The first-order valence-electron chi connectivity index (χ1n) is 2.30. The number of thioether (sulfide) groups is 1. The Kier molecular flexibility index (Phi) is 1.28. The van der Waals surface area contributed by atoms with Gasteiger partial charge >= 0.3 is 0 Å². The first-order chi connectivity index (χ1) is 3.30. The normalized spacial score (nSPS) is 20.3. The van der Waals surface area contributed by atoms with Crippen molar-refractivity contribution in [3.63, 3.8) is 0 Å². The van der Waals surface area contributed by atoms with Crippen LogP contribution in [0.5, 0.6) is 0 Å². The van der Waals surface area contributed by atoms with Gasteiger partial charge in [0.25, 0.3) is 0 Å². The summed E-state index contributed by atoms with van der Waals surface area (Å²) in [6, 6.07) is 0. The van der Waals surface area contributed by atoms with Crippen molar-refractivity contribution in [2.24, 2.45) is 0 Å². The van der Waals surface area contributed by atoms with Gasteiger partial charge < -0.3 is 4.90 Å². The predicted molar refractivity (Wildman–Crippen MR) is 34.0 cm³/mol. The van der Waals surface area contributed by atoms with Gasteiger partial charge in [0.15, 0.2) is 0 Å². The minimum atomic E-state index is 1.13. The quantitative estimate of drug-likeness (QED) is 0.470. The number of rotatable bonds is 0. The number of allylic oxidation sites excluding steroid dienone is 1. The maximum absolute atomic E-state index is 2.23. The van der Waals surface area contributed by atoms with Gasteiger partial charge in [-0.2, -0.15) is 0 Å². The van der Waals surface area contributed by atoms with Gasteiger partial charge in [0.05, 0.1) is 5.88 Å². The molecule has 0 aromatic heterocycles. The Morgan fingerprint density at radius 3 is 2.71 bits per heavy atom. The molecule has 2 heteroatoms. The van der Waals surface area contributed by atoms with Crippen molar-refractivity contribution in [2.45, 2.75) is 6.92 Å². The fourth-order valence-electron chi connectivity index (χ4n) is 0.461. The maximum Gasteiger partial charge on any atom is 0.0674 e. The van der Waals surface area contributed by atoms with Gasteiger partial charge in [-0.15, -0.1) is 11.8 Å². The topological polar surface area (TPSA) is 3.24 Å². The summed E-state index contributed by atoms with van der Waals surface area (Å²) in [5, 5.41) is 2.18. The molecule has 0 saturated carbocycles. The molecule has 1 nitrogen and oxygen atoms in total. The largest absolute Gasteiger partial charge is 0.368 e. The Morgan fingerprint density at radius 2 is 2.57 bits per heavy atom. The van der Waals surface area contributed by atoms with Gasteiger partial charge in [-0.3, -0.25) is 0 Å². The number of hydrogen-bond acceptors (Lipinski definition) is 2. The van der Waals surface area contributed by atoms with E-state index in [1.54, 1.807) is 0 Å². The molecule has 40 valence electrons. The van der Waals surface area contributed by atoms with Crippen LogP contribution in [0.4, 0.5) is 0 Å². The van der Waals surface area contributed by atoms with Crippen molar-refractivity contribution in [3.05, 3.63) is 11.1 Å². The van der Waals surface area contributed by atoms with Gasteiger partial charge in [0.2, 0.25) is 0 Å². The highest BCUT2D eigenvalue weighted by molar-refractivity contribution is 8.02. The van der Waals surface area contributed by atoms with E-state index in [1.165, 1.54) is 5.70 Å².